The first-order valence-electron chi connectivity index (χ1n) is 6.62. The van der Waals surface area contributed by atoms with Crippen molar-refractivity contribution in [2.75, 3.05) is 6.61 Å². The van der Waals surface area contributed by atoms with Crippen LogP contribution in [0, 0.1) is 5.92 Å². The SMILES string of the molecule is CC(/C=C\F)COC(=O)[C@@H]1N2C(=O)C[C@H]2S(=O)(=O)C1(C)C. The van der Waals surface area contributed by atoms with Gasteiger partial charge in [-0.05, 0) is 19.9 Å². The second-order valence-electron chi connectivity index (χ2n) is 5.94. The summed E-state index contributed by atoms with van der Waals surface area (Å²) in [5.74, 6) is -1.46. The maximum Gasteiger partial charge on any atom is 0.330 e. The third kappa shape index (κ3) is 2.25. The third-order valence-corrected chi connectivity index (χ3v) is 6.89. The number of amides is 1. The monoisotopic (exact) mass is 319 g/mol. The van der Waals surface area contributed by atoms with Gasteiger partial charge >= 0.3 is 5.97 Å². The first-order chi connectivity index (χ1) is 9.64. The first-order valence-corrected chi connectivity index (χ1v) is 8.17. The van der Waals surface area contributed by atoms with E-state index in [4.69, 9.17) is 4.74 Å². The summed E-state index contributed by atoms with van der Waals surface area (Å²) in [4.78, 5) is 24.9. The van der Waals surface area contributed by atoms with Crippen molar-refractivity contribution in [1.82, 2.24) is 4.90 Å². The fraction of sp³-hybridized carbons (Fsp3) is 0.692. The Bertz CT molecular complexity index is 598. The van der Waals surface area contributed by atoms with Crippen LogP contribution < -0.4 is 0 Å². The Morgan fingerprint density at radius 3 is 2.71 bits per heavy atom. The van der Waals surface area contributed by atoms with Crippen molar-refractivity contribution in [2.45, 2.75) is 43.4 Å². The Balaban J connectivity index is 2.18. The maximum absolute atomic E-state index is 12.3. The molecule has 2 fully saturated rings. The summed E-state index contributed by atoms with van der Waals surface area (Å²) in [6.45, 7) is 4.42. The summed E-state index contributed by atoms with van der Waals surface area (Å²) in [5, 5.41) is -0.930. The van der Waals surface area contributed by atoms with E-state index in [9.17, 15) is 22.4 Å². The number of β-lactam (4-membered cyclic amide) rings is 1. The van der Waals surface area contributed by atoms with Crippen LogP contribution in [-0.2, 0) is 24.2 Å². The molecule has 3 atom stereocenters. The van der Waals surface area contributed by atoms with Crippen molar-refractivity contribution < 1.29 is 27.1 Å². The van der Waals surface area contributed by atoms with Gasteiger partial charge in [-0.2, -0.15) is 0 Å². The molecule has 0 aromatic rings. The molecule has 0 spiro atoms. The molecule has 2 saturated heterocycles. The highest BCUT2D eigenvalue weighted by Crippen LogP contribution is 2.46. The first kappa shape index (κ1) is 15.9. The summed E-state index contributed by atoms with van der Waals surface area (Å²) in [6, 6.07) is -1.14. The number of ether oxygens (including phenoxy) is 1. The molecule has 0 aliphatic carbocycles. The molecule has 21 heavy (non-hydrogen) atoms. The zero-order valence-corrected chi connectivity index (χ0v) is 12.9. The van der Waals surface area contributed by atoms with E-state index in [1.54, 1.807) is 6.92 Å². The molecule has 1 unspecified atom stereocenters. The second-order valence-corrected chi connectivity index (χ2v) is 8.62. The maximum atomic E-state index is 12.3. The van der Waals surface area contributed by atoms with Crippen molar-refractivity contribution in [2.24, 2.45) is 5.92 Å². The zero-order valence-electron chi connectivity index (χ0n) is 12.1. The summed E-state index contributed by atoms with van der Waals surface area (Å²) < 4.78 is 40.3. The van der Waals surface area contributed by atoms with Gasteiger partial charge in [0, 0.05) is 5.92 Å². The molecule has 0 N–H and O–H groups in total. The number of nitrogens with zero attached hydrogens (tertiary/aromatic N) is 1. The Morgan fingerprint density at radius 2 is 2.19 bits per heavy atom. The zero-order chi connectivity index (χ0) is 16.0. The highest BCUT2D eigenvalue weighted by molar-refractivity contribution is 7.93. The van der Waals surface area contributed by atoms with Gasteiger partial charge in [0.2, 0.25) is 5.91 Å². The van der Waals surface area contributed by atoms with E-state index in [0.29, 0.717) is 6.33 Å². The van der Waals surface area contributed by atoms with E-state index >= 15 is 0 Å². The van der Waals surface area contributed by atoms with Crippen LogP contribution in [0.25, 0.3) is 0 Å². The van der Waals surface area contributed by atoms with Gasteiger partial charge in [0.05, 0.1) is 24.1 Å². The van der Waals surface area contributed by atoms with E-state index in [1.807, 2.05) is 0 Å². The van der Waals surface area contributed by atoms with Crippen LogP contribution >= 0.6 is 0 Å². The normalized spacial score (nSPS) is 30.9. The number of esters is 1. The molecule has 0 aromatic carbocycles. The highest BCUT2D eigenvalue weighted by Gasteiger charge is 2.68. The number of sulfone groups is 1. The van der Waals surface area contributed by atoms with E-state index in [-0.39, 0.29) is 24.9 Å². The van der Waals surface area contributed by atoms with Crippen LogP contribution in [0.2, 0.25) is 0 Å². The average molecular weight is 319 g/mol. The van der Waals surface area contributed by atoms with Crippen molar-refractivity contribution in [3.8, 4) is 0 Å². The number of hydrogen-bond acceptors (Lipinski definition) is 5. The average Bonchev–Trinajstić information content (AvgIpc) is 2.50. The third-order valence-electron chi connectivity index (χ3n) is 4.09. The molecule has 2 heterocycles. The molecule has 118 valence electrons. The Labute approximate surface area is 122 Å². The quantitative estimate of drug-likeness (QED) is 0.565. The summed E-state index contributed by atoms with van der Waals surface area (Å²) >= 11 is 0. The van der Waals surface area contributed by atoms with Gasteiger partial charge in [-0.3, -0.25) is 4.79 Å². The second kappa shape index (κ2) is 5.08. The predicted octanol–water partition coefficient (Wildman–Crippen LogP) is 0.783. The van der Waals surface area contributed by atoms with Crippen LogP contribution in [0.1, 0.15) is 27.2 Å². The molecule has 0 aromatic heterocycles. The molecular weight excluding hydrogens is 301 g/mol. The Hall–Kier alpha value is -1.44. The molecule has 0 saturated carbocycles. The van der Waals surface area contributed by atoms with Gasteiger partial charge < -0.3 is 9.64 Å². The molecule has 1 amide bonds. The number of halogens is 1. The topological polar surface area (TPSA) is 80.8 Å². The van der Waals surface area contributed by atoms with Gasteiger partial charge in [0.25, 0.3) is 0 Å². The molecule has 2 aliphatic heterocycles. The minimum atomic E-state index is -3.61. The summed E-state index contributed by atoms with van der Waals surface area (Å²) in [6.07, 6.45) is 1.50. The van der Waals surface area contributed by atoms with Crippen LogP contribution in [0.4, 0.5) is 4.39 Å². The van der Waals surface area contributed by atoms with E-state index in [2.05, 4.69) is 0 Å². The standard InChI is InChI=1S/C13H18FNO5S/c1-8(4-5-14)7-20-12(17)11-13(2,3)21(18,19)10-6-9(16)15(10)11/h4-5,8,10-11H,6-7H2,1-3H3/b5-4-/t8?,10-,11+/m1/s1. The van der Waals surface area contributed by atoms with Crippen molar-refractivity contribution in [3.05, 3.63) is 12.4 Å². The van der Waals surface area contributed by atoms with Crippen LogP contribution in [0.15, 0.2) is 12.4 Å². The van der Waals surface area contributed by atoms with Gasteiger partial charge in [-0.25, -0.2) is 17.6 Å². The molecule has 2 rings (SSSR count). The lowest BCUT2D eigenvalue weighted by molar-refractivity contribution is -0.161. The number of rotatable bonds is 4. The minimum Gasteiger partial charge on any atom is -0.464 e. The van der Waals surface area contributed by atoms with E-state index in [0.717, 1.165) is 4.90 Å². The fourth-order valence-electron chi connectivity index (χ4n) is 2.68. The largest absolute Gasteiger partial charge is 0.464 e. The smallest absolute Gasteiger partial charge is 0.330 e. The lowest BCUT2D eigenvalue weighted by atomic mass is 9.98. The van der Waals surface area contributed by atoms with Crippen molar-refractivity contribution in [3.63, 3.8) is 0 Å². The lowest BCUT2D eigenvalue weighted by Gasteiger charge is -2.36. The number of hydrogen-bond donors (Lipinski definition) is 0. The van der Waals surface area contributed by atoms with E-state index < -0.39 is 32.0 Å². The molecule has 2 aliphatic rings. The lowest BCUT2D eigenvalue weighted by Crippen LogP contribution is -2.57. The van der Waals surface area contributed by atoms with Crippen LogP contribution in [0.5, 0.6) is 0 Å². The van der Waals surface area contributed by atoms with Gasteiger partial charge in [0.1, 0.15) is 11.4 Å². The summed E-state index contributed by atoms with van der Waals surface area (Å²) in [5.41, 5.74) is 0. The summed E-state index contributed by atoms with van der Waals surface area (Å²) in [7, 11) is -3.61. The molecule has 0 bridgehead atoms. The number of carbonyl (C=O) groups is 2. The van der Waals surface area contributed by atoms with Crippen molar-refractivity contribution in [1.29, 1.82) is 0 Å². The number of carbonyl (C=O) groups excluding carboxylic acids is 2. The Kier molecular flexibility index (Phi) is 3.86. The molecule has 8 heteroatoms. The molecular formula is C13H18FNO5S. The van der Waals surface area contributed by atoms with Gasteiger partial charge in [-0.15, -0.1) is 0 Å². The molecule has 0 radical (unpaired) electrons. The highest BCUT2D eigenvalue weighted by atomic mass is 32.2. The van der Waals surface area contributed by atoms with Crippen molar-refractivity contribution >= 4 is 21.7 Å². The molecule has 6 nitrogen and oxygen atoms in total. The van der Waals surface area contributed by atoms with Gasteiger partial charge in [0.15, 0.2) is 9.84 Å². The fourth-order valence-corrected chi connectivity index (χ4v) is 4.80. The predicted molar refractivity (Wildman–Crippen MR) is 72.4 cm³/mol. The number of fused-ring (bicyclic) bond motifs is 1. The minimum absolute atomic E-state index is 0.0709. The van der Waals surface area contributed by atoms with Gasteiger partial charge in [-0.1, -0.05) is 6.92 Å². The van der Waals surface area contributed by atoms with Crippen LogP contribution in [-0.4, -0.2) is 48.0 Å². The van der Waals surface area contributed by atoms with E-state index in [1.165, 1.54) is 19.9 Å². The Morgan fingerprint density at radius 1 is 1.57 bits per heavy atom. The van der Waals surface area contributed by atoms with Crippen LogP contribution in [0.3, 0.4) is 0 Å².